The van der Waals surface area contributed by atoms with Gasteiger partial charge in [0.25, 0.3) is 5.91 Å². The summed E-state index contributed by atoms with van der Waals surface area (Å²) in [5.41, 5.74) is 8.89. The van der Waals surface area contributed by atoms with Gasteiger partial charge in [-0.15, -0.1) is 0 Å². The zero-order valence-electron chi connectivity index (χ0n) is 13.1. The molecule has 0 fully saturated rings. The van der Waals surface area contributed by atoms with Crippen molar-refractivity contribution in [1.82, 2.24) is 14.7 Å². The van der Waals surface area contributed by atoms with Gasteiger partial charge in [-0.25, -0.2) is 9.48 Å². The fraction of sp³-hybridized carbons (Fsp3) is 0.312. The maximum Gasteiger partial charge on any atom is 0.337 e. The molecule has 1 aliphatic heterocycles. The number of hydrogen-bond donors (Lipinski definition) is 1. The first-order valence-corrected chi connectivity index (χ1v) is 7.29. The summed E-state index contributed by atoms with van der Waals surface area (Å²) >= 11 is 0. The van der Waals surface area contributed by atoms with E-state index in [2.05, 4.69) is 10.00 Å². The Morgan fingerprint density at radius 1 is 1.26 bits per heavy atom. The third kappa shape index (κ3) is 2.70. The highest BCUT2D eigenvalue weighted by Crippen LogP contribution is 2.24. The van der Waals surface area contributed by atoms with Gasteiger partial charge in [0.1, 0.15) is 0 Å². The van der Waals surface area contributed by atoms with E-state index in [4.69, 9.17) is 10.5 Å². The fourth-order valence-corrected chi connectivity index (χ4v) is 2.82. The van der Waals surface area contributed by atoms with Crippen LogP contribution in [0.4, 0.5) is 0 Å². The molecule has 2 aromatic rings. The number of likely N-dealkylation sites (N-methyl/N-ethyl adjacent to an activating group) is 1. The quantitative estimate of drug-likeness (QED) is 0.844. The van der Waals surface area contributed by atoms with Crippen molar-refractivity contribution in [2.75, 3.05) is 20.7 Å². The molecule has 2 heterocycles. The topological polar surface area (TPSA) is 90.5 Å². The molecule has 1 aromatic carbocycles. The number of carbonyl (C=O) groups is 2. The van der Waals surface area contributed by atoms with Crippen LogP contribution in [0.15, 0.2) is 24.3 Å². The molecule has 0 unspecified atom stereocenters. The van der Waals surface area contributed by atoms with Crippen molar-refractivity contribution >= 4 is 11.9 Å². The predicted molar refractivity (Wildman–Crippen MR) is 83.5 cm³/mol. The lowest BCUT2D eigenvalue weighted by atomic mass is 10.1. The second kappa shape index (κ2) is 5.85. The molecular formula is C16H18N4O3. The Bertz CT molecular complexity index is 764. The van der Waals surface area contributed by atoms with Crippen molar-refractivity contribution in [3.63, 3.8) is 0 Å². The molecule has 23 heavy (non-hydrogen) atoms. The number of amides is 1. The summed E-state index contributed by atoms with van der Waals surface area (Å²) in [7, 11) is 3.34. The first-order valence-electron chi connectivity index (χ1n) is 7.29. The van der Waals surface area contributed by atoms with E-state index >= 15 is 0 Å². The molecule has 1 aromatic heterocycles. The van der Waals surface area contributed by atoms with E-state index < -0.39 is 11.9 Å². The third-order valence-corrected chi connectivity index (χ3v) is 4.01. The van der Waals surface area contributed by atoms with E-state index in [0.717, 1.165) is 29.9 Å². The second-order valence-corrected chi connectivity index (χ2v) is 5.58. The van der Waals surface area contributed by atoms with Crippen LogP contribution in [-0.4, -0.2) is 47.3 Å². The normalized spacial score (nSPS) is 14.3. The smallest absolute Gasteiger partial charge is 0.337 e. The molecule has 0 spiro atoms. The Morgan fingerprint density at radius 3 is 2.57 bits per heavy atom. The minimum Gasteiger partial charge on any atom is -0.465 e. The number of nitrogens with zero attached hydrogens (tertiary/aromatic N) is 3. The van der Waals surface area contributed by atoms with Crippen LogP contribution in [0.1, 0.15) is 32.1 Å². The zero-order chi connectivity index (χ0) is 16.6. The summed E-state index contributed by atoms with van der Waals surface area (Å²) in [5, 5.41) is 4.39. The van der Waals surface area contributed by atoms with Crippen LogP contribution >= 0.6 is 0 Å². The number of esters is 1. The van der Waals surface area contributed by atoms with Crippen LogP contribution in [0, 0.1) is 0 Å². The van der Waals surface area contributed by atoms with Crippen LogP contribution in [0.25, 0.3) is 5.69 Å². The van der Waals surface area contributed by atoms with Crippen molar-refractivity contribution in [2.45, 2.75) is 13.0 Å². The van der Waals surface area contributed by atoms with Crippen molar-refractivity contribution < 1.29 is 14.3 Å². The number of primary amides is 1. The number of nitrogens with two attached hydrogens (primary N) is 1. The van der Waals surface area contributed by atoms with Crippen LogP contribution < -0.4 is 5.73 Å². The van der Waals surface area contributed by atoms with Crippen LogP contribution in [0.3, 0.4) is 0 Å². The van der Waals surface area contributed by atoms with Gasteiger partial charge in [0.15, 0.2) is 5.69 Å². The van der Waals surface area contributed by atoms with Crippen LogP contribution in [0.2, 0.25) is 0 Å². The maximum atomic E-state index is 11.7. The highest BCUT2D eigenvalue weighted by atomic mass is 16.5. The van der Waals surface area contributed by atoms with E-state index in [-0.39, 0.29) is 0 Å². The van der Waals surface area contributed by atoms with Gasteiger partial charge in [0.2, 0.25) is 0 Å². The standard InChI is InChI=1S/C16H18N4O3/c1-19-8-7-13-12(9-19)14(15(17)21)18-20(13)11-5-3-10(4-6-11)16(22)23-2/h3-6H,7-9H2,1-2H3,(H2,17,21). The lowest BCUT2D eigenvalue weighted by Crippen LogP contribution is -2.28. The Balaban J connectivity index is 2.05. The van der Waals surface area contributed by atoms with Gasteiger partial charge in [0.05, 0.1) is 24.1 Å². The van der Waals surface area contributed by atoms with Gasteiger partial charge in [-0.2, -0.15) is 5.10 Å². The summed E-state index contributed by atoms with van der Waals surface area (Å²) in [5.74, 6) is -0.917. The monoisotopic (exact) mass is 314 g/mol. The summed E-state index contributed by atoms with van der Waals surface area (Å²) < 4.78 is 6.43. The Kier molecular flexibility index (Phi) is 3.87. The number of hydrogen-bond acceptors (Lipinski definition) is 5. The first kappa shape index (κ1) is 15.2. The molecule has 0 saturated heterocycles. The van der Waals surface area contributed by atoms with Gasteiger partial charge in [-0.05, 0) is 31.3 Å². The molecule has 0 aliphatic carbocycles. The molecule has 2 N–H and O–H groups in total. The molecule has 0 saturated carbocycles. The largest absolute Gasteiger partial charge is 0.465 e. The summed E-state index contributed by atoms with van der Waals surface area (Å²) in [4.78, 5) is 25.3. The Labute approximate surface area is 133 Å². The third-order valence-electron chi connectivity index (χ3n) is 4.01. The number of fused-ring (bicyclic) bond motifs is 1. The fourth-order valence-electron chi connectivity index (χ4n) is 2.82. The van der Waals surface area contributed by atoms with Gasteiger partial charge < -0.3 is 15.4 Å². The van der Waals surface area contributed by atoms with Gasteiger partial charge in [-0.1, -0.05) is 0 Å². The lowest BCUT2D eigenvalue weighted by Gasteiger charge is -2.23. The summed E-state index contributed by atoms with van der Waals surface area (Å²) in [6.45, 7) is 1.53. The van der Waals surface area contributed by atoms with Gasteiger partial charge >= 0.3 is 5.97 Å². The molecule has 3 rings (SSSR count). The second-order valence-electron chi connectivity index (χ2n) is 5.58. The average molecular weight is 314 g/mol. The number of ether oxygens (including phenoxy) is 1. The number of rotatable bonds is 3. The van der Waals surface area contributed by atoms with E-state index in [1.54, 1.807) is 28.9 Å². The van der Waals surface area contributed by atoms with E-state index in [1.165, 1.54) is 7.11 Å². The molecule has 1 aliphatic rings. The number of aromatic nitrogens is 2. The van der Waals surface area contributed by atoms with E-state index in [1.807, 2.05) is 7.05 Å². The molecule has 120 valence electrons. The zero-order valence-corrected chi connectivity index (χ0v) is 13.1. The molecule has 7 heteroatoms. The summed E-state index contributed by atoms with van der Waals surface area (Å²) in [6, 6.07) is 6.91. The Hall–Kier alpha value is -2.67. The van der Waals surface area contributed by atoms with Gasteiger partial charge in [-0.3, -0.25) is 4.79 Å². The highest BCUT2D eigenvalue weighted by molar-refractivity contribution is 5.93. The average Bonchev–Trinajstić information content (AvgIpc) is 2.93. The SMILES string of the molecule is COC(=O)c1ccc(-n2nc(C(N)=O)c3c2CCN(C)C3)cc1. The number of methoxy groups -OCH3 is 1. The predicted octanol–water partition coefficient (Wildman–Crippen LogP) is 0.746. The molecule has 0 atom stereocenters. The minimum atomic E-state index is -0.526. The maximum absolute atomic E-state index is 11.7. The van der Waals surface area contributed by atoms with Crippen molar-refractivity contribution in [3.05, 3.63) is 46.8 Å². The number of carbonyl (C=O) groups excluding carboxylic acids is 2. The lowest BCUT2D eigenvalue weighted by molar-refractivity contribution is 0.0600. The molecule has 1 amide bonds. The van der Waals surface area contributed by atoms with Crippen molar-refractivity contribution in [3.8, 4) is 5.69 Å². The summed E-state index contributed by atoms with van der Waals surface area (Å²) in [6.07, 6.45) is 0.783. The molecule has 0 bridgehead atoms. The van der Waals surface area contributed by atoms with Crippen LogP contribution in [0.5, 0.6) is 0 Å². The molecular weight excluding hydrogens is 296 g/mol. The minimum absolute atomic E-state index is 0.309. The first-order chi connectivity index (χ1) is 11.0. The Morgan fingerprint density at radius 2 is 1.96 bits per heavy atom. The molecule has 7 nitrogen and oxygen atoms in total. The molecule has 0 radical (unpaired) electrons. The highest BCUT2D eigenvalue weighted by Gasteiger charge is 2.26. The van der Waals surface area contributed by atoms with E-state index in [0.29, 0.717) is 17.8 Å². The number of benzene rings is 1. The van der Waals surface area contributed by atoms with Crippen LogP contribution in [-0.2, 0) is 17.7 Å². The van der Waals surface area contributed by atoms with Gasteiger partial charge in [0, 0.05) is 25.1 Å². The van der Waals surface area contributed by atoms with Crippen molar-refractivity contribution in [1.29, 1.82) is 0 Å². The van der Waals surface area contributed by atoms with E-state index in [9.17, 15) is 9.59 Å². The van der Waals surface area contributed by atoms with Crippen molar-refractivity contribution in [2.24, 2.45) is 5.73 Å².